The van der Waals surface area contributed by atoms with Crippen LogP contribution in [0.25, 0.3) is 11.1 Å². The Kier molecular flexibility index (Phi) is 7.75. The number of hydrogen-bond acceptors (Lipinski definition) is 3. The van der Waals surface area contributed by atoms with Crippen molar-refractivity contribution < 1.29 is 19.5 Å². The van der Waals surface area contributed by atoms with E-state index in [0.717, 1.165) is 16.8 Å². The van der Waals surface area contributed by atoms with Gasteiger partial charge in [-0.2, -0.15) is 0 Å². The van der Waals surface area contributed by atoms with Crippen LogP contribution < -0.4 is 5.32 Å². The van der Waals surface area contributed by atoms with E-state index in [1.165, 1.54) is 11.9 Å². The number of hydrogen-bond donors (Lipinski definition) is 2. The molecule has 0 bridgehead atoms. The summed E-state index contributed by atoms with van der Waals surface area (Å²) in [6.45, 7) is 7.56. The molecule has 0 aromatic heterocycles. The summed E-state index contributed by atoms with van der Waals surface area (Å²) in [5.41, 5.74) is 3.06. The second kappa shape index (κ2) is 10.1. The minimum atomic E-state index is -1.02. The van der Waals surface area contributed by atoms with Gasteiger partial charge in [0.25, 0.3) is 5.91 Å². The van der Waals surface area contributed by atoms with Crippen molar-refractivity contribution in [3.63, 3.8) is 0 Å². The average Bonchev–Trinajstić information content (AvgIpc) is 2.67. The summed E-state index contributed by atoms with van der Waals surface area (Å²) >= 11 is 0. The first kappa shape index (κ1) is 23.1. The maximum absolute atomic E-state index is 12.7. The van der Waals surface area contributed by atoms with E-state index in [1.54, 1.807) is 26.0 Å². The Bertz CT molecular complexity index is 886. The summed E-state index contributed by atoms with van der Waals surface area (Å²) in [6.07, 6.45) is 0.477. The second-order valence-corrected chi connectivity index (χ2v) is 8.24. The number of amides is 2. The maximum Gasteiger partial charge on any atom is 0.326 e. The van der Waals surface area contributed by atoms with Crippen molar-refractivity contribution in [3.8, 4) is 11.1 Å². The molecule has 0 heterocycles. The zero-order valence-corrected chi connectivity index (χ0v) is 18.2. The zero-order valence-electron chi connectivity index (χ0n) is 18.2. The molecule has 2 rings (SSSR count). The Morgan fingerprint density at radius 1 is 0.900 bits per heavy atom. The number of anilines is 1. The standard InChI is InChI=1S/C24H30N2O4/c1-15(2)14-21(27)25-20-12-10-18(11-13-20)17-6-8-19(9-7-17)23(28)26(5)22(16(3)4)24(29)30/h6-13,15-16,22H,14H2,1-5H3,(H,25,27)(H,29,30)/t22-/m0/s1. The Morgan fingerprint density at radius 2 is 1.40 bits per heavy atom. The van der Waals surface area contributed by atoms with E-state index >= 15 is 0 Å². The molecule has 30 heavy (non-hydrogen) atoms. The Hall–Kier alpha value is -3.15. The van der Waals surface area contributed by atoms with Gasteiger partial charge < -0.3 is 15.3 Å². The third-order valence-electron chi connectivity index (χ3n) is 4.85. The van der Waals surface area contributed by atoms with Gasteiger partial charge in [0.05, 0.1) is 0 Å². The fourth-order valence-electron chi connectivity index (χ4n) is 3.36. The predicted molar refractivity (Wildman–Crippen MR) is 118 cm³/mol. The highest BCUT2D eigenvalue weighted by molar-refractivity contribution is 5.97. The summed E-state index contributed by atoms with van der Waals surface area (Å²) < 4.78 is 0. The van der Waals surface area contributed by atoms with Gasteiger partial charge in [0.1, 0.15) is 6.04 Å². The molecule has 0 fully saturated rings. The van der Waals surface area contributed by atoms with Gasteiger partial charge in [-0.25, -0.2) is 4.79 Å². The van der Waals surface area contributed by atoms with E-state index in [1.807, 2.05) is 50.2 Å². The average molecular weight is 411 g/mol. The molecule has 2 amide bonds. The van der Waals surface area contributed by atoms with Gasteiger partial charge in [-0.1, -0.05) is 52.0 Å². The lowest BCUT2D eigenvalue weighted by atomic mass is 10.0. The molecular weight excluding hydrogens is 380 g/mol. The lowest BCUT2D eigenvalue weighted by Gasteiger charge is -2.27. The first-order valence-electron chi connectivity index (χ1n) is 10.1. The molecule has 0 aliphatic heterocycles. The predicted octanol–water partition coefficient (Wildman–Crippen LogP) is 4.52. The van der Waals surface area contributed by atoms with Crippen LogP contribution in [0, 0.1) is 11.8 Å². The van der Waals surface area contributed by atoms with Crippen molar-refractivity contribution in [3.05, 3.63) is 54.1 Å². The molecule has 0 radical (unpaired) electrons. The molecule has 0 aliphatic carbocycles. The largest absolute Gasteiger partial charge is 0.480 e. The first-order valence-corrected chi connectivity index (χ1v) is 10.1. The molecule has 160 valence electrons. The molecular formula is C24H30N2O4. The summed E-state index contributed by atoms with van der Waals surface area (Å²) in [7, 11) is 1.52. The van der Waals surface area contributed by atoms with Crippen LogP contribution in [-0.2, 0) is 9.59 Å². The van der Waals surface area contributed by atoms with E-state index in [2.05, 4.69) is 5.32 Å². The number of carboxylic acids is 1. The topological polar surface area (TPSA) is 86.7 Å². The molecule has 2 aromatic carbocycles. The molecule has 0 spiro atoms. The van der Waals surface area contributed by atoms with Crippen LogP contribution in [0.2, 0.25) is 0 Å². The number of nitrogens with one attached hydrogen (secondary N) is 1. The quantitative estimate of drug-likeness (QED) is 0.670. The van der Waals surface area contributed by atoms with Crippen molar-refractivity contribution in [2.24, 2.45) is 11.8 Å². The summed E-state index contributed by atoms with van der Waals surface area (Å²) in [5, 5.41) is 12.3. The lowest BCUT2D eigenvalue weighted by molar-refractivity contribution is -0.143. The molecule has 2 aromatic rings. The number of carboxylic acid groups (broad SMARTS) is 1. The molecule has 1 atom stereocenters. The van der Waals surface area contributed by atoms with E-state index < -0.39 is 12.0 Å². The van der Waals surface area contributed by atoms with Crippen LogP contribution in [0.4, 0.5) is 5.69 Å². The molecule has 2 N–H and O–H groups in total. The molecule has 6 nitrogen and oxygen atoms in total. The Labute approximate surface area is 177 Å². The van der Waals surface area contributed by atoms with E-state index in [-0.39, 0.29) is 17.7 Å². The van der Waals surface area contributed by atoms with Gasteiger partial charge >= 0.3 is 5.97 Å². The minimum absolute atomic E-state index is 0.00852. The van der Waals surface area contributed by atoms with Gasteiger partial charge in [0.2, 0.25) is 5.91 Å². The highest BCUT2D eigenvalue weighted by Crippen LogP contribution is 2.23. The van der Waals surface area contributed by atoms with E-state index in [9.17, 15) is 19.5 Å². The maximum atomic E-state index is 12.7. The van der Waals surface area contributed by atoms with Crippen molar-refractivity contribution >= 4 is 23.5 Å². The number of rotatable bonds is 8. The number of benzene rings is 2. The van der Waals surface area contributed by atoms with Crippen molar-refractivity contribution in [2.75, 3.05) is 12.4 Å². The molecule has 0 saturated heterocycles. The van der Waals surface area contributed by atoms with Crippen molar-refractivity contribution in [1.82, 2.24) is 4.90 Å². The normalized spacial score (nSPS) is 12.0. The third-order valence-corrected chi connectivity index (χ3v) is 4.85. The number of carbonyl (C=O) groups excluding carboxylic acids is 2. The smallest absolute Gasteiger partial charge is 0.326 e. The highest BCUT2D eigenvalue weighted by Gasteiger charge is 2.29. The van der Waals surface area contributed by atoms with Crippen LogP contribution in [0.3, 0.4) is 0 Å². The molecule has 6 heteroatoms. The SMILES string of the molecule is CC(C)CC(=O)Nc1ccc(-c2ccc(C(=O)N(C)[C@H](C(=O)O)C(C)C)cc2)cc1. The van der Waals surface area contributed by atoms with Crippen LogP contribution in [0.15, 0.2) is 48.5 Å². The van der Waals surface area contributed by atoms with Crippen LogP contribution in [-0.4, -0.2) is 40.9 Å². The van der Waals surface area contributed by atoms with Gasteiger partial charge in [0, 0.05) is 24.7 Å². The van der Waals surface area contributed by atoms with Gasteiger partial charge in [-0.3, -0.25) is 9.59 Å². The van der Waals surface area contributed by atoms with E-state index in [4.69, 9.17) is 0 Å². The van der Waals surface area contributed by atoms with Crippen molar-refractivity contribution in [2.45, 2.75) is 40.2 Å². The van der Waals surface area contributed by atoms with E-state index in [0.29, 0.717) is 17.9 Å². The van der Waals surface area contributed by atoms with Crippen LogP contribution >= 0.6 is 0 Å². The second-order valence-electron chi connectivity index (χ2n) is 8.24. The summed E-state index contributed by atoms with van der Waals surface area (Å²) in [4.78, 5) is 37.3. The number of aliphatic carboxylic acids is 1. The molecule has 0 unspecified atom stereocenters. The summed E-state index contributed by atoms with van der Waals surface area (Å²) in [5.74, 6) is -1.25. The summed E-state index contributed by atoms with van der Waals surface area (Å²) in [6, 6.07) is 13.7. The first-order chi connectivity index (χ1) is 14.1. The Morgan fingerprint density at radius 3 is 1.83 bits per heavy atom. The zero-order chi connectivity index (χ0) is 22.4. The molecule has 0 aliphatic rings. The number of carbonyl (C=O) groups is 3. The third kappa shape index (κ3) is 5.92. The van der Waals surface area contributed by atoms with Gasteiger partial charge in [0.15, 0.2) is 0 Å². The monoisotopic (exact) mass is 410 g/mol. The van der Waals surface area contributed by atoms with Crippen LogP contribution in [0.1, 0.15) is 44.5 Å². The Balaban J connectivity index is 2.11. The van der Waals surface area contributed by atoms with Crippen molar-refractivity contribution in [1.29, 1.82) is 0 Å². The fraction of sp³-hybridized carbons (Fsp3) is 0.375. The van der Waals surface area contributed by atoms with Crippen LogP contribution in [0.5, 0.6) is 0 Å². The van der Waals surface area contributed by atoms with Gasteiger partial charge in [-0.15, -0.1) is 0 Å². The van der Waals surface area contributed by atoms with Gasteiger partial charge in [-0.05, 0) is 47.2 Å². The minimum Gasteiger partial charge on any atom is -0.480 e. The lowest BCUT2D eigenvalue weighted by Crippen LogP contribution is -2.45. The number of nitrogens with zero attached hydrogens (tertiary/aromatic N) is 1. The molecule has 0 saturated carbocycles. The highest BCUT2D eigenvalue weighted by atomic mass is 16.4. The number of likely N-dealkylation sites (N-methyl/N-ethyl adjacent to an activating group) is 1. The fourth-order valence-corrected chi connectivity index (χ4v) is 3.36.